The zero-order chi connectivity index (χ0) is 11.5. The van der Waals surface area contributed by atoms with Crippen LogP contribution in [-0.2, 0) is 4.74 Å². The van der Waals surface area contributed by atoms with Gasteiger partial charge in [-0.3, -0.25) is 0 Å². The summed E-state index contributed by atoms with van der Waals surface area (Å²) in [5, 5.41) is 0. The van der Waals surface area contributed by atoms with Crippen LogP contribution in [0.4, 0.5) is 0 Å². The predicted molar refractivity (Wildman–Crippen MR) is 64.8 cm³/mol. The van der Waals surface area contributed by atoms with E-state index in [4.69, 9.17) is 10.5 Å². The fourth-order valence-corrected chi connectivity index (χ4v) is 2.68. The largest absolute Gasteiger partial charge is 0.374 e. The molecule has 0 amide bonds. The van der Waals surface area contributed by atoms with E-state index in [1.165, 1.54) is 25.7 Å². The highest BCUT2D eigenvalue weighted by Gasteiger charge is 2.34. The summed E-state index contributed by atoms with van der Waals surface area (Å²) in [6.07, 6.45) is 5.22. The van der Waals surface area contributed by atoms with Gasteiger partial charge in [0, 0.05) is 12.6 Å². The Morgan fingerprint density at radius 2 is 1.80 bits per heavy atom. The zero-order valence-corrected chi connectivity index (χ0v) is 10.8. The van der Waals surface area contributed by atoms with E-state index < -0.39 is 0 Å². The Labute approximate surface area is 94.6 Å². The van der Waals surface area contributed by atoms with E-state index in [0.29, 0.717) is 5.92 Å². The van der Waals surface area contributed by atoms with Crippen molar-refractivity contribution < 1.29 is 4.74 Å². The number of nitrogens with two attached hydrogens (primary N) is 1. The van der Waals surface area contributed by atoms with Crippen LogP contribution in [0.2, 0.25) is 0 Å². The summed E-state index contributed by atoms with van der Waals surface area (Å²) in [6, 6.07) is 0.185. The van der Waals surface area contributed by atoms with E-state index >= 15 is 0 Å². The second-order valence-electron chi connectivity index (χ2n) is 5.58. The van der Waals surface area contributed by atoms with Gasteiger partial charge < -0.3 is 10.5 Å². The summed E-state index contributed by atoms with van der Waals surface area (Å²) in [4.78, 5) is 0. The minimum absolute atomic E-state index is 0.167. The van der Waals surface area contributed by atoms with Crippen LogP contribution < -0.4 is 5.73 Å². The molecule has 0 aromatic carbocycles. The molecule has 0 bridgehead atoms. The molecule has 0 radical (unpaired) electrons. The molecule has 0 spiro atoms. The lowest BCUT2D eigenvalue weighted by Crippen LogP contribution is -2.50. The first-order valence-corrected chi connectivity index (χ1v) is 6.37. The SMILES string of the molecule is CCOC(C)(C)C(N)C1CCC(C)CC1. The minimum atomic E-state index is -0.167. The lowest BCUT2D eigenvalue weighted by molar-refractivity contribution is -0.0475. The summed E-state index contributed by atoms with van der Waals surface area (Å²) >= 11 is 0. The van der Waals surface area contributed by atoms with Crippen LogP contribution in [0.15, 0.2) is 0 Å². The maximum Gasteiger partial charge on any atom is 0.0779 e. The molecule has 1 saturated carbocycles. The van der Waals surface area contributed by atoms with Gasteiger partial charge >= 0.3 is 0 Å². The quantitative estimate of drug-likeness (QED) is 0.779. The fraction of sp³-hybridized carbons (Fsp3) is 1.00. The summed E-state index contributed by atoms with van der Waals surface area (Å²) in [5.74, 6) is 1.55. The van der Waals surface area contributed by atoms with Crippen LogP contribution in [-0.4, -0.2) is 18.2 Å². The van der Waals surface area contributed by atoms with E-state index in [2.05, 4.69) is 20.8 Å². The van der Waals surface area contributed by atoms with Crippen molar-refractivity contribution in [3.05, 3.63) is 0 Å². The van der Waals surface area contributed by atoms with Gasteiger partial charge in [-0.05, 0) is 45.4 Å². The van der Waals surface area contributed by atoms with Crippen molar-refractivity contribution in [2.75, 3.05) is 6.61 Å². The molecule has 2 nitrogen and oxygen atoms in total. The van der Waals surface area contributed by atoms with Crippen LogP contribution in [0.25, 0.3) is 0 Å². The Morgan fingerprint density at radius 3 is 2.27 bits per heavy atom. The molecule has 0 aliphatic heterocycles. The van der Waals surface area contributed by atoms with Crippen LogP contribution >= 0.6 is 0 Å². The summed E-state index contributed by atoms with van der Waals surface area (Å²) in [5.41, 5.74) is 6.17. The third kappa shape index (κ3) is 3.46. The van der Waals surface area contributed by atoms with Crippen LogP contribution in [0, 0.1) is 11.8 Å². The van der Waals surface area contributed by atoms with Crippen molar-refractivity contribution in [3.63, 3.8) is 0 Å². The van der Waals surface area contributed by atoms with E-state index in [1.807, 2.05) is 6.92 Å². The van der Waals surface area contributed by atoms with Crippen molar-refractivity contribution in [2.24, 2.45) is 17.6 Å². The Hall–Kier alpha value is -0.0800. The predicted octanol–water partition coefficient (Wildman–Crippen LogP) is 2.96. The third-order valence-corrected chi connectivity index (χ3v) is 3.89. The molecule has 1 atom stereocenters. The number of hydrogen-bond donors (Lipinski definition) is 1. The second-order valence-corrected chi connectivity index (χ2v) is 5.58. The molecule has 2 N–H and O–H groups in total. The first kappa shape index (κ1) is 13.0. The van der Waals surface area contributed by atoms with Gasteiger partial charge in [-0.1, -0.05) is 19.8 Å². The molecular formula is C13H27NO. The zero-order valence-electron chi connectivity index (χ0n) is 10.8. The van der Waals surface area contributed by atoms with Gasteiger partial charge in [-0.2, -0.15) is 0 Å². The van der Waals surface area contributed by atoms with E-state index in [-0.39, 0.29) is 11.6 Å². The Morgan fingerprint density at radius 1 is 1.27 bits per heavy atom. The molecule has 90 valence electrons. The van der Waals surface area contributed by atoms with E-state index in [0.717, 1.165) is 12.5 Å². The van der Waals surface area contributed by atoms with Gasteiger partial charge in [-0.25, -0.2) is 0 Å². The van der Waals surface area contributed by atoms with Crippen molar-refractivity contribution >= 4 is 0 Å². The molecular weight excluding hydrogens is 186 g/mol. The maximum atomic E-state index is 6.33. The average Bonchev–Trinajstić information content (AvgIpc) is 2.18. The van der Waals surface area contributed by atoms with Crippen molar-refractivity contribution in [1.29, 1.82) is 0 Å². The van der Waals surface area contributed by atoms with E-state index in [1.54, 1.807) is 0 Å². The van der Waals surface area contributed by atoms with Gasteiger partial charge in [0.15, 0.2) is 0 Å². The van der Waals surface area contributed by atoms with Crippen molar-refractivity contribution in [1.82, 2.24) is 0 Å². The minimum Gasteiger partial charge on any atom is -0.374 e. The monoisotopic (exact) mass is 213 g/mol. The summed E-state index contributed by atoms with van der Waals surface area (Å²) < 4.78 is 5.75. The fourth-order valence-electron chi connectivity index (χ4n) is 2.68. The lowest BCUT2D eigenvalue weighted by atomic mass is 9.75. The molecule has 0 aromatic heterocycles. The number of rotatable bonds is 4. The first-order valence-electron chi connectivity index (χ1n) is 6.37. The lowest BCUT2D eigenvalue weighted by Gasteiger charge is -2.39. The molecule has 0 saturated heterocycles. The second kappa shape index (κ2) is 5.31. The van der Waals surface area contributed by atoms with Gasteiger partial charge in [0.05, 0.1) is 5.60 Å². The average molecular weight is 213 g/mol. The summed E-state index contributed by atoms with van der Waals surface area (Å²) in [7, 11) is 0. The Bertz CT molecular complexity index is 183. The van der Waals surface area contributed by atoms with Gasteiger partial charge in [0.25, 0.3) is 0 Å². The number of ether oxygens (including phenoxy) is 1. The smallest absolute Gasteiger partial charge is 0.0779 e. The molecule has 1 unspecified atom stereocenters. The Balaban J connectivity index is 2.48. The van der Waals surface area contributed by atoms with Crippen molar-refractivity contribution in [2.45, 2.75) is 65.0 Å². The normalized spacial score (nSPS) is 30.2. The molecule has 1 fully saturated rings. The molecule has 15 heavy (non-hydrogen) atoms. The van der Waals surface area contributed by atoms with Crippen LogP contribution in [0.3, 0.4) is 0 Å². The maximum absolute atomic E-state index is 6.33. The van der Waals surface area contributed by atoms with Crippen LogP contribution in [0.5, 0.6) is 0 Å². The summed E-state index contributed by atoms with van der Waals surface area (Å²) in [6.45, 7) is 9.38. The van der Waals surface area contributed by atoms with Crippen LogP contribution in [0.1, 0.15) is 53.4 Å². The van der Waals surface area contributed by atoms with E-state index in [9.17, 15) is 0 Å². The standard InChI is InChI=1S/C13H27NO/c1-5-15-13(3,4)12(14)11-8-6-10(2)7-9-11/h10-12H,5-9,14H2,1-4H3. The third-order valence-electron chi connectivity index (χ3n) is 3.89. The highest BCUT2D eigenvalue weighted by molar-refractivity contribution is 4.90. The number of hydrogen-bond acceptors (Lipinski definition) is 2. The van der Waals surface area contributed by atoms with Gasteiger partial charge in [-0.15, -0.1) is 0 Å². The topological polar surface area (TPSA) is 35.2 Å². The molecule has 2 heteroatoms. The molecule has 1 rings (SSSR count). The van der Waals surface area contributed by atoms with Gasteiger partial charge in [0.2, 0.25) is 0 Å². The highest BCUT2D eigenvalue weighted by Crippen LogP contribution is 2.33. The molecule has 0 aromatic rings. The first-order chi connectivity index (χ1) is 6.97. The van der Waals surface area contributed by atoms with Gasteiger partial charge in [0.1, 0.15) is 0 Å². The molecule has 0 heterocycles. The Kier molecular flexibility index (Phi) is 4.60. The van der Waals surface area contributed by atoms with Crippen molar-refractivity contribution in [3.8, 4) is 0 Å². The molecule has 1 aliphatic rings. The molecule has 1 aliphatic carbocycles. The highest BCUT2D eigenvalue weighted by atomic mass is 16.5.